The summed E-state index contributed by atoms with van der Waals surface area (Å²) in [6.07, 6.45) is 3.36. The molecule has 0 spiro atoms. The molecule has 2 atom stereocenters. The van der Waals surface area contributed by atoms with Crippen molar-refractivity contribution in [2.45, 2.75) is 44.2 Å². The monoisotopic (exact) mass is 329 g/mol. The van der Waals surface area contributed by atoms with Crippen LogP contribution in [0.25, 0.3) is 0 Å². The number of aliphatic hydroxyl groups excluding tert-OH is 1. The van der Waals surface area contributed by atoms with Gasteiger partial charge in [0.25, 0.3) is 0 Å². The zero-order valence-electron chi connectivity index (χ0n) is 10.5. The molecule has 2 unspecified atom stereocenters. The van der Waals surface area contributed by atoms with E-state index in [0.29, 0.717) is 4.47 Å². The highest BCUT2D eigenvalue weighted by Crippen LogP contribution is 2.19. The van der Waals surface area contributed by atoms with E-state index in [1.165, 1.54) is 6.07 Å². The molecule has 0 aromatic heterocycles. The second kappa shape index (κ2) is 6.48. The van der Waals surface area contributed by atoms with E-state index in [-0.39, 0.29) is 24.2 Å². The Morgan fingerprint density at radius 2 is 2.16 bits per heavy atom. The molecule has 104 valence electrons. The maximum Gasteiger partial charge on any atom is 0.224 e. The third-order valence-corrected chi connectivity index (χ3v) is 4.03. The Kier molecular flexibility index (Phi) is 4.93. The van der Waals surface area contributed by atoms with Gasteiger partial charge < -0.3 is 10.4 Å². The van der Waals surface area contributed by atoms with Crippen LogP contribution in [0.1, 0.15) is 31.2 Å². The topological polar surface area (TPSA) is 49.3 Å². The van der Waals surface area contributed by atoms with E-state index in [9.17, 15) is 14.3 Å². The van der Waals surface area contributed by atoms with Crippen molar-refractivity contribution in [3.05, 3.63) is 34.1 Å². The summed E-state index contributed by atoms with van der Waals surface area (Å²) in [5, 5.41) is 12.6. The van der Waals surface area contributed by atoms with Gasteiger partial charge in [-0.1, -0.05) is 18.9 Å². The van der Waals surface area contributed by atoms with Crippen LogP contribution >= 0.6 is 15.9 Å². The van der Waals surface area contributed by atoms with Crippen molar-refractivity contribution in [2.24, 2.45) is 0 Å². The number of benzene rings is 1. The number of carbonyl (C=O) groups excluding carboxylic acids is 1. The lowest BCUT2D eigenvalue weighted by Gasteiger charge is -2.28. The van der Waals surface area contributed by atoms with Crippen molar-refractivity contribution in [2.75, 3.05) is 0 Å². The standard InChI is InChI=1S/C14H17BrFNO2/c15-10-7-9(5-6-11(10)16)8-14(19)17-12-3-1-2-4-13(12)18/h5-7,12-13,18H,1-4,8H2,(H,17,19). The van der Waals surface area contributed by atoms with Crippen molar-refractivity contribution in [1.82, 2.24) is 5.32 Å². The number of nitrogens with one attached hydrogen (secondary N) is 1. The lowest BCUT2D eigenvalue weighted by molar-refractivity contribution is -0.122. The Bertz CT molecular complexity index is 467. The Morgan fingerprint density at radius 1 is 1.42 bits per heavy atom. The Morgan fingerprint density at radius 3 is 2.84 bits per heavy atom. The van der Waals surface area contributed by atoms with Gasteiger partial charge in [-0.3, -0.25) is 4.79 Å². The molecule has 0 bridgehead atoms. The zero-order chi connectivity index (χ0) is 13.8. The smallest absolute Gasteiger partial charge is 0.224 e. The molecule has 2 N–H and O–H groups in total. The fraction of sp³-hybridized carbons (Fsp3) is 0.500. The summed E-state index contributed by atoms with van der Waals surface area (Å²) in [5.74, 6) is -0.476. The van der Waals surface area contributed by atoms with Gasteiger partial charge in [-0.2, -0.15) is 0 Å². The van der Waals surface area contributed by atoms with E-state index in [2.05, 4.69) is 21.2 Å². The second-order valence-corrected chi connectivity index (χ2v) is 5.81. The molecule has 1 aromatic rings. The van der Waals surface area contributed by atoms with Crippen LogP contribution in [0.3, 0.4) is 0 Å². The van der Waals surface area contributed by atoms with Crippen molar-refractivity contribution in [1.29, 1.82) is 0 Å². The molecule has 2 rings (SSSR count). The SMILES string of the molecule is O=C(Cc1ccc(F)c(Br)c1)NC1CCCCC1O. The molecule has 1 amide bonds. The number of hydrogen-bond donors (Lipinski definition) is 2. The molecule has 1 fully saturated rings. The predicted octanol–water partition coefficient (Wildman–Crippen LogP) is 2.55. The third kappa shape index (κ3) is 4.01. The number of hydrogen-bond acceptors (Lipinski definition) is 2. The summed E-state index contributed by atoms with van der Waals surface area (Å²) in [7, 11) is 0. The first-order valence-corrected chi connectivity index (χ1v) is 7.27. The first kappa shape index (κ1) is 14.5. The lowest BCUT2D eigenvalue weighted by atomic mass is 9.92. The molecular weight excluding hydrogens is 313 g/mol. The molecule has 0 heterocycles. The summed E-state index contributed by atoms with van der Waals surface area (Å²) in [6, 6.07) is 4.39. The third-order valence-electron chi connectivity index (χ3n) is 3.42. The van der Waals surface area contributed by atoms with Crippen LogP contribution in [0.4, 0.5) is 4.39 Å². The quantitative estimate of drug-likeness (QED) is 0.895. The van der Waals surface area contributed by atoms with Crippen LogP contribution in [0, 0.1) is 5.82 Å². The molecule has 3 nitrogen and oxygen atoms in total. The van der Waals surface area contributed by atoms with Crippen LogP contribution < -0.4 is 5.32 Å². The van der Waals surface area contributed by atoms with Gasteiger partial charge >= 0.3 is 0 Å². The Labute approximate surface area is 120 Å². The highest BCUT2D eigenvalue weighted by atomic mass is 79.9. The molecule has 0 saturated heterocycles. The van der Waals surface area contributed by atoms with Crippen LogP contribution in [0.2, 0.25) is 0 Å². The van der Waals surface area contributed by atoms with Crippen molar-refractivity contribution in [3.8, 4) is 0 Å². The average Bonchev–Trinajstić information content (AvgIpc) is 2.37. The van der Waals surface area contributed by atoms with E-state index in [1.54, 1.807) is 12.1 Å². The highest BCUT2D eigenvalue weighted by Gasteiger charge is 2.24. The zero-order valence-corrected chi connectivity index (χ0v) is 12.1. The highest BCUT2D eigenvalue weighted by molar-refractivity contribution is 9.10. The second-order valence-electron chi connectivity index (χ2n) is 4.95. The molecule has 19 heavy (non-hydrogen) atoms. The van der Waals surface area contributed by atoms with Gasteiger partial charge in [0.05, 0.1) is 23.0 Å². The number of carbonyl (C=O) groups is 1. The summed E-state index contributed by atoms with van der Waals surface area (Å²) >= 11 is 3.10. The molecule has 1 aliphatic rings. The van der Waals surface area contributed by atoms with Crippen LogP contribution in [0.5, 0.6) is 0 Å². The average molecular weight is 330 g/mol. The largest absolute Gasteiger partial charge is 0.391 e. The number of aliphatic hydroxyl groups is 1. The van der Waals surface area contributed by atoms with Gasteiger partial charge in [0.15, 0.2) is 0 Å². The minimum Gasteiger partial charge on any atom is -0.391 e. The molecular formula is C14H17BrFNO2. The van der Waals surface area contributed by atoms with Gasteiger partial charge in [0.1, 0.15) is 5.82 Å². The fourth-order valence-corrected chi connectivity index (χ4v) is 2.80. The molecule has 0 aliphatic heterocycles. The predicted molar refractivity (Wildman–Crippen MR) is 74.2 cm³/mol. The molecule has 1 saturated carbocycles. The normalized spacial score (nSPS) is 23.1. The van der Waals surface area contributed by atoms with Gasteiger partial charge in [-0.25, -0.2) is 4.39 Å². The van der Waals surface area contributed by atoms with Crippen LogP contribution in [-0.4, -0.2) is 23.2 Å². The first-order valence-electron chi connectivity index (χ1n) is 6.47. The van der Waals surface area contributed by atoms with Gasteiger partial charge in [-0.15, -0.1) is 0 Å². The fourth-order valence-electron chi connectivity index (χ4n) is 2.37. The van der Waals surface area contributed by atoms with E-state index in [1.807, 2.05) is 0 Å². The van der Waals surface area contributed by atoms with E-state index in [4.69, 9.17) is 0 Å². The van der Waals surface area contributed by atoms with Gasteiger partial charge in [0, 0.05) is 0 Å². The van der Waals surface area contributed by atoms with Crippen LogP contribution in [0.15, 0.2) is 22.7 Å². The molecule has 1 aromatic carbocycles. The minimum absolute atomic E-state index is 0.135. The van der Waals surface area contributed by atoms with Crippen molar-refractivity contribution >= 4 is 21.8 Å². The van der Waals surface area contributed by atoms with Gasteiger partial charge in [-0.05, 0) is 46.5 Å². The molecule has 5 heteroatoms. The number of halogens is 2. The van der Waals surface area contributed by atoms with Crippen molar-refractivity contribution in [3.63, 3.8) is 0 Å². The molecule has 0 radical (unpaired) electrons. The van der Waals surface area contributed by atoms with Gasteiger partial charge in [0.2, 0.25) is 5.91 Å². The van der Waals surface area contributed by atoms with E-state index >= 15 is 0 Å². The first-order chi connectivity index (χ1) is 9.06. The lowest BCUT2D eigenvalue weighted by Crippen LogP contribution is -2.45. The Balaban J connectivity index is 1.91. The van der Waals surface area contributed by atoms with Crippen molar-refractivity contribution < 1.29 is 14.3 Å². The maximum absolute atomic E-state index is 13.1. The number of amides is 1. The Hall–Kier alpha value is -0.940. The summed E-state index contributed by atoms with van der Waals surface area (Å²) in [6.45, 7) is 0. The molecule has 1 aliphatic carbocycles. The summed E-state index contributed by atoms with van der Waals surface area (Å²) < 4.78 is 13.4. The number of rotatable bonds is 3. The minimum atomic E-state index is -0.447. The summed E-state index contributed by atoms with van der Waals surface area (Å²) in [4.78, 5) is 11.9. The maximum atomic E-state index is 13.1. The van der Waals surface area contributed by atoms with E-state index < -0.39 is 6.10 Å². The van der Waals surface area contributed by atoms with Crippen LogP contribution in [-0.2, 0) is 11.2 Å². The van der Waals surface area contributed by atoms with E-state index in [0.717, 1.165) is 31.2 Å². The summed E-state index contributed by atoms with van der Waals surface area (Å²) in [5.41, 5.74) is 0.746.